The Bertz CT molecular complexity index is 502. The van der Waals surface area contributed by atoms with E-state index in [4.69, 9.17) is 5.11 Å². The highest BCUT2D eigenvalue weighted by molar-refractivity contribution is 5.85. The van der Waals surface area contributed by atoms with Crippen molar-refractivity contribution in [3.63, 3.8) is 0 Å². The lowest BCUT2D eigenvalue weighted by Crippen LogP contribution is -2.50. The maximum Gasteiger partial charge on any atom is 0.323 e. The first-order chi connectivity index (χ1) is 9.61. The largest absolute Gasteiger partial charge is 0.480 e. The molecule has 0 spiro atoms. The number of carbonyl (C=O) groups excluding carboxylic acids is 1. The molecule has 5 heteroatoms. The summed E-state index contributed by atoms with van der Waals surface area (Å²) in [5, 5.41) is 12.1. The third-order valence-electron chi connectivity index (χ3n) is 3.51. The van der Waals surface area contributed by atoms with E-state index in [9.17, 15) is 9.59 Å². The molecular weight excluding hydrogens is 256 g/mol. The minimum atomic E-state index is -0.969. The molecule has 0 fully saturated rings. The molecule has 1 amide bonds. The van der Waals surface area contributed by atoms with E-state index < -0.39 is 5.97 Å². The Balaban J connectivity index is 2.07. The van der Waals surface area contributed by atoms with Crippen molar-refractivity contribution in [2.75, 3.05) is 13.1 Å². The molecule has 1 aromatic carbocycles. The van der Waals surface area contributed by atoms with Crippen LogP contribution in [-0.4, -0.2) is 41.0 Å². The van der Waals surface area contributed by atoms with Gasteiger partial charge in [0.05, 0.1) is 6.04 Å². The summed E-state index contributed by atoms with van der Waals surface area (Å²) in [6.07, 6.45) is 1.37. The molecule has 0 unspecified atom stereocenters. The van der Waals surface area contributed by atoms with Crippen LogP contribution in [0.5, 0.6) is 0 Å². The molecule has 2 rings (SSSR count). The standard InChI is InChI=1S/C15H20N2O3/c1-2-7-17(10-14(18)19)15(20)13-8-11-5-3-4-6-12(11)9-16-13/h3-6,13,16H,2,7-10H2,1H3,(H,18,19)/t13-/m1/s1. The summed E-state index contributed by atoms with van der Waals surface area (Å²) in [5.74, 6) is -1.09. The Labute approximate surface area is 118 Å². The number of aliphatic carboxylic acids is 1. The van der Waals surface area contributed by atoms with Crippen molar-refractivity contribution in [3.8, 4) is 0 Å². The number of benzene rings is 1. The minimum absolute atomic E-state index is 0.122. The van der Waals surface area contributed by atoms with Crippen LogP contribution in [-0.2, 0) is 22.6 Å². The number of fused-ring (bicyclic) bond motifs is 1. The highest BCUT2D eigenvalue weighted by atomic mass is 16.4. The molecule has 20 heavy (non-hydrogen) atoms. The van der Waals surface area contributed by atoms with Crippen LogP contribution in [0.1, 0.15) is 24.5 Å². The van der Waals surface area contributed by atoms with Gasteiger partial charge in [-0.3, -0.25) is 9.59 Å². The quantitative estimate of drug-likeness (QED) is 0.842. The first-order valence-electron chi connectivity index (χ1n) is 6.92. The van der Waals surface area contributed by atoms with Gasteiger partial charge in [0.25, 0.3) is 0 Å². The average molecular weight is 276 g/mol. The van der Waals surface area contributed by atoms with E-state index >= 15 is 0 Å². The molecule has 2 N–H and O–H groups in total. The van der Waals surface area contributed by atoms with E-state index in [1.54, 1.807) is 0 Å². The number of rotatable bonds is 5. The van der Waals surface area contributed by atoms with Crippen molar-refractivity contribution >= 4 is 11.9 Å². The Morgan fingerprint density at radius 2 is 2.05 bits per heavy atom. The number of nitrogens with one attached hydrogen (secondary N) is 1. The molecule has 0 saturated carbocycles. The van der Waals surface area contributed by atoms with Gasteiger partial charge in [-0.05, 0) is 24.0 Å². The van der Waals surface area contributed by atoms with E-state index in [1.165, 1.54) is 10.5 Å². The summed E-state index contributed by atoms with van der Waals surface area (Å²) in [5.41, 5.74) is 2.37. The number of nitrogens with zero attached hydrogens (tertiary/aromatic N) is 1. The second-order valence-corrected chi connectivity index (χ2v) is 5.06. The fourth-order valence-electron chi connectivity index (χ4n) is 2.55. The van der Waals surface area contributed by atoms with Gasteiger partial charge in [0.1, 0.15) is 6.54 Å². The zero-order valence-corrected chi connectivity index (χ0v) is 11.6. The van der Waals surface area contributed by atoms with E-state index in [2.05, 4.69) is 5.32 Å². The van der Waals surface area contributed by atoms with Crippen LogP contribution in [0.25, 0.3) is 0 Å². The molecular formula is C15H20N2O3. The average Bonchev–Trinajstić information content (AvgIpc) is 2.45. The summed E-state index contributed by atoms with van der Waals surface area (Å²) in [7, 11) is 0. The van der Waals surface area contributed by atoms with E-state index in [0.717, 1.165) is 12.0 Å². The number of carboxylic acid groups (broad SMARTS) is 1. The van der Waals surface area contributed by atoms with Gasteiger partial charge in [-0.2, -0.15) is 0 Å². The summed E-state index contributed by atoms with van der Waals surface area (Å²) in [4.78, 5) is 24.7. The van der Waals surface area contributed by atoms with Crippen molar-refractivity contribution in [2.24, 2.45) is 0 Å². The summed E-state index contributed by atoms with van der Waals surface area (Å²) in [6, 6.07) is 7.70. The molecule has 1 heterocycles. The number of hydrogen-bond donors (Lipinski definition) is 2. The third kappa shape index (κ3) is 3.36. The molecule has 0 saturated heterocycles. The van der Waals surface area contributed by atoms with Gasteiger partial charge in [0, 0.05) is 13.1 Å². The molecule has 0 radical (unpaired) electrons. The van der Waals surface area contributed by atoms with Gasteiger partial charge < -0.3 is 15.3 Å². The van der Waals surface area contributed by atoms with E-state index in [-0.39, 0.29) is 18.5 Å². The molecule has 1 aromatic rings. The summed E-state index contributed by atoms with van der Waals surface area (Å²) >= 11 is 0. The lowest BCUT2D eigenvalue weighted by molar-refractivity contribution is -0.145. The summed E-state index contributed by atoms with van der Waals surface area (Å²) in [6.45, 7) is 2.84. The van der Waals surface area contributed by atoms with Crippen LogP contribution >= 0.6 is 0 Å². The Morgan fingerprint density at radius 3 is 2.70 bits per heavy atom. The van der Waals surface area contributed by atoms with E-state index in [1.807, 2.05) is 31.2 Å². The number of carboxylic acids is 1. The second kappa shape index (κ2) is 6.52. The monoisotopic (exact) mass is 276 g/mol. The normalized spacial score (nSPS) is 17.4. The van der Waals surface area contributed by atoms with Crippen LogP contribution in [0.4, 0.5) is 0 Å². The maximum absolute atomic E-state index is 12.4. The topological polar surface area (TPSA) is 69.6 Å². The molecule has 1 aliphatic heterocycles. The molecule has 5 nitrogen and oxygen atoms in total. The first-order valence-corrected chi connectivity index (χ1v) is 6.92. The van der Waals surface area contributed by atoms with Gasteiger partial charge in [-0.25, -0.2) is 0 Å². The smallest absolute Gasteiger partial charge is 0.323 e. The zero-order chi connectivity index (χ0) is 14.5. The lowest BCUT2D eigenvalue weighted by atomic mass is 9.95. The maximum atomic E-state index is 12.4. The highest BCUT2D eigenvalue weighted by Crippen LogP contribution is 2.17. The number of carbonyl (C=O) groups is 2. The van der Waals surface area contributed by atoms with Crippen LogP contribution in [0.3, 0.4) is 0 Å². The van der Waals surface area contributed by atoms with Gasteiger partial charge in [-0.1, -0.05) is 31.2 Å². The SMILES string of the molecule is CCCN(CC(=O)O)C(=O)[C@H]1Cc2ccccc2CN1. The van der Waals surface area contributed by atoms with Gasteiger partial charge in [-0.15, -0.1) is 0 Å². The van der Waals surface area contributed by atoms with Crippen LogP contribution in [0.15, 0.2) is 24.3 Å². The second-order valence-electron chi connectivity index (χ2n) is 5.06. The van der Waals surface area contributed by atoms with Gasteiger partial charge in [0.15, 0.2) is 0 Å². The minimum Gasteiger partial charge on any atom is -0.480 e. The Kier molecular flexibility index (Phi) is 4.74. The first kappa shape index (κ1) is 14.5. The van der Waals surface area contributed by atoms with Crippen molar-refractivity contribution in [1.82, 2.24) is 10.2 Å². The van der Waals surface area contributed by atoms with Crippen molar-refractivity contribution in [2.45, 2.75) is 32.4 Å². The van der Waals surface area contributed by atoms with Crippen LogP contribution < -0.4 is 5.32 Å². The van der Waals surface area contributed by atoms with Crippen LogP contribution in [0.2, 0.25) is 0 Å². The van der Waals surface area contributed by atoms with Gasteiger partial charge in [0.2, 0.25) is 5.91 Å². The van der Waals surface area contributed by atoms with E-state index in [0.29, 0.717) is 19.5 Å². The predicted octanol–water partition coefficient (Wildman–Crippen LogP) is 1.02. The summed E-state index contributed by atoms with van der Waals surface area (Å²) < 4.78 is 0. The Morgan fingerprint density at radius 1 is 1.35 bits per heavy atom. The lowest BCUT2D eigenvalue weighted by Gasteiger charge is -2.30. The van der Waals surface area contributed by atoms with Crippen molar-refractivity contribution in [3.05, 3.63) is 35.4 Å². The third-order valence-corrected chi connectivity index (χ3v) is 3.51. The molecule has 0 aromatic heterocycles. The molecule has 108 valence electrons. The fraction of sp³-hybridized carbons (Fsp3) is 0.467. The zero-order valence-electron chi connectivity index (χ0n) is 11.6. The molecule has 0 aliphatic carbocycles. The molecule has 0 bridgehead atoms. The Hall–Kier alpha value is -1.88. The highest BCUT2D eigenvalue weighted by Gasteiger charge is 2.28. The van der Waals surface area contributed by atoms with Crippen molar-refractivity contribution in [1.29, 1.82) is 0 Å². The fourth-order valence-corrected chi connectivity index (χ4v) is 2.55. The number of amides is 1. The van der Waals surface area contributed by atoms with Crippen LogP contribution in [0, 0.1) is 0 Å². The van der Waals surface area contributed by atoms with Gasteiger partial charge >= 0.3 is 5.97 Å². The molecule has 1 atom stereocenters. The number of hydrogen-bond acceptors (Lipinski definition) is 3. The molecule has 1 aliphatic rings. The van der Waals surface area contributed by atoms with Crippen molar-refractivity contribution < 1.29 is 14.7 Å². The predicted molar refractivity (Wildman–Crippen MR) is 75.3 cm³/mol.